The van der Waals surface area contributed by atoms with E-state index in [-0.39, 0.29) is 0 Å². The molecule has 0 aromatic rings. The van der Waals surface area contributed by atoms with Gasteiger partial charge in [0.2, 0.25) is 0 Å². The second-order valence-corrected chi connectivity index (χ2v) is 7.52. The van der Waals surface area contributed by atoms with Crippen LogP contribution in [-0.4, -0.2) is 24.5 Å². The van der Waals surface area contributed by atoms with E-state index in [1.165, 1.54) is 11.4 Å². The van der Waals surface area contributed by atoms with Gasteiger partial charge in [-0.05, 0) is 24.7 Å². The molecule has 2 nitrogen and oxygen atoms in total. The lowest BCUT2D eigenvalue weighted by Crippen LogP contribution is -2.36. The summed E-state index contributed by atoms with van der Waals surface area (Å²) >= 11 is 0. The Kier molecular flexibility index (Phi) is 7.94. The molecule has 1 aliphatic heterocycles. The molecule has 0 atom stereocenters. The highest BCUT2D eigenvalue weighted by Crippen LogP contribution is 2.29. The molecule has 0 spiro atoms. The van der Waals surface area contributed by atoms with Gasteiger partial charge in [0.25, 0.3) is 0 Å². The molecule has 0 amide bonds. The molecule has 23 heavy (non-hydrogen) atoms. The minimum absolute atomic E-state index is 0.311. The molecule has 0 aromatic carbocycles. The van der Waals surface area contributed by atoms with Crippen molar-refractivity contribution in [3.63, 3.8) is 0 Å². The van der Waals surface area contributed by atoms with Crippen molar-refractivity contribution in [2.75, 3.05) is 19.6 Å². The van der Waals surface area contributed by atoms with Crippen molar-refractivity contribution in [1.29, 1.82) is 0 Å². The average Bonchev–Trinajstić information content (AvgIpc) is 2.49. The van der Waals surface area contributed by atoms with Crippen LogP contribution in [0.5, 0.6) is 0 Å². The first-order valence-electron chi connectivity index (χ1n) is 8.63. The Balaban J connectivity index is 2.31. The van der Waals surface area contributed by atoms with Gasteiger partial charge in [-0.3, -0.25) is 0 Å². The van der Waals surface area contributed by atoms with Gasteiger partial charge < -0.3 is 10.2 Å². The summed E-state index contributed by atoms with van der Waals surface area (Å²) in [7, 11) is 0. The topological polar surface area (TPSA) is 15.3 Å². The second-order valence-electron chi connectivity index (χ2n) is 7.52. The van der Waals surface area contributed by atoms with Gasteiger partial charge >= 0.3 is 0 Å². The van der Waals surface area contributed by atoms with Gasteiger partial charge in [-0.25, -0.2) is 0 Å². The minimum Gasteiger partial charge on any atom is -0.385 e. The van der Waals surface area contributed by atoms with Gasteiger partial charge in [0.1, 0.15) is 0 Å². The second kappa shape index (κ2) is 9.44. The number of allylic oxidation sites excluding steroid dienone is 6. The third kappa shape index (κ3) is 7.92. The van der Waals surface area contributed by atoms with Crippen LogP contribution in [0.25, 0.3) is 0 Å². The van der Waals surface area contributed by atoms with E-state index in [4.69, 9.17) is 0 Å². The van der Waals surface area contributed by atoms with Gasteiger partial charge in [-0.1, -0.05) is 70.9 Å². The quantitative estimate of drug-likeness (QED) is 0.631. The third-order valence-corrected chi connectivity index (χ3v) is 4.11. The van der Waals surface area contributed by atoms with Crippen LogP contribution in [0.3, 0.4) is 0 Å². The molecule has 0 radical (unpaired) electrons. The maximum atomic E-state index is 4.28. The van der Waals surface area contributed by atoms with Gasteiger partial charge in [0.15, 0.2) is 0 Å². The van der Waals surface area contributed by atoms with Crippen LogP contribution in [0.1, 0.15) is 40.0 Å². The Hall–Kier alpha value is -1.70. The van der Waals surface area contributed by atoms with E-state index in [2.05, 4.69) is 56.8 Å². The van der Waals surface area contributed by atoms with Crippen LogP contribution >= 0.6 is 0 Å². The molecule has 0 bridgehead atoms. The molecule has 0 aromatic heterocycles. The van der Waals surface area contributed by atoms with E-state index in [1.807, 2.05) is 18.2 Å². The zero-order valence-electron chi connectivity index (χ0n) is 15.3. The number of likely N-dealkylation sites (tertiary alicyclic amines) is 1. The van der Waals surface area contributed by atoms with Crippen molar-refractivity contribution in [1.82, 2.24) is 10.2 Å². The van der Waals surface area contributed by atoms with E-state index < -0.39 is 0 Å². The van der Waals surface area contributed by atoms with Crippen molar-refractivity contribution in [2.45, 2.75) is 40.0 Å². The van der Waals surface area contributed by atoms with Crippen LogP contribution in [0.15, 0.2) is 61.5 Å². The lowest BCUT2D eigenvalue weighted by atomic mass is 9.88. The standard InChI is InChI=1S/C21H34N2/c1-7-8-9-10-11-14-22-19(3)20-12-15-23(16-13-20)18(2)17-21(4,5)6/h7-11,20,22H,1-3,12-17H2,4-6H3/b9-8-,11-10+. The number of nitrogens with zero attached hydrogens (tertiary/aromatic N) is 1. The first kappa shape index (κ1) is 19.3. The molecular formula is C21H34N2. The summed E-state index contributed by atoms with van der Waals surface area (Å²) in [6, 6.07) is 0. The number of nitrogens with one attached hydrogen (secondary N) is 1. The van der Waals surface area contributed by atoms with Crippen LogP contribution in [-0.2, 0) is 0 Å². The average molecular weight is 315 g/mol. The molecule has 0 saturated carbocycles. The van der Waals surface area contributed by atoms with Crippen LogP contribution < -0.4 is 5.32 Å². The number of rotatable bonds is 8. The van der Waals surface area contributed by atoms with Crippen molar-refractivity contribution < 1.29 is 0 Å². The third-order valence-electron chi connectivity index (χ3n) is 4.11. The van der Waals surface area contributed by atoms with Crippen LogP contribution in [0.2, 0.25) is 0 Å². The van der Waals surface area contributed by atoms with Crippen molar-refractivity contribution >= 4 is 0 Å². The first-order chi connectivity index (χ1) is 10.8. The van der Waals surface area contributed by atoms with Gasteiger partial charge in [-0.2, -0.15) is 0 Å². The maximum Gasteiger partial charge on any atom is 0.0330 e. The SMILES string of the molecule is C=C/C=C\C=C\CNC(=C)C1CCN(C(=C)CC(C)(C)C)CC1. The Morgan fingerprint density at radius 2 is 1.78 bits per heavy atom. The monoisotopic (exact) mass is 314 g/mol. The number of hydrogen-bond donors (Lipinski definition) is 1. The summed E-state index contributed by atoms with van der Waals surface area (Å²) in [5, 5.41) is 3.43. The summed E-state index contributed by atoms with van der Waals surface area (Å²) < 4.78 is 0. The number of hydrogen-bond acceptors (Lipinski definition) is 2. The normalized spacial score (nSPS) is 16.9. The molecule has 0 aliphatic carbocycles. The van der Waals surface area contributed by atoms with Crippen molar-refractivity contribution in [3.8, 4) is 0 Å². The Labute approximate surface area is 143 Å². The van der Waals surface area contributed by atoms with Crippen molar-refractivity contribution in [3.05, 3.63) is 61.5 Å². The highest BCUT2D eigenvalue weighted by Gasteiger charge is 2.23. The zero-order chi connectivity index (χ0) is 17.3. The van der Waals surface area contributed by atoms with Gasteiger partial charge in [0, 0.05) is 36.9 Å². The number of piperidine rings is 1. The minimum atomic E-state index is 0.311. The summed E-state index contributed by atoms with van der Waals surface area (Å²) in [6.45, 7) is 22.0. The highest BCUT2D eigenvalue weighted by molar-refractivity contribution is 5.11. The van der Waals surface area contributed by atoms with Gasteiger partial charge in [0.05, 0.1) is 0 Å². The molecule has 0 unspecified atom stereocenters. The molecule has 1 aliphatic rings. The van der Waals surface area contributed by atoms with Gasteiger partial charge in [-0.15, -0.1) is 0 Å². The molecule has 1 saturated heterocycles. The smallest absolute Gasteiger partial charge is 0.0330 e. The summed E-state index contributed by atoms with van der Waals surface area (Å²) in [4.78, 5) is 2.45. The molecule has 1 heterocycles. The highest BCUT2D eigenvalue weighted by atomic mass is 15.1. The fraction of sp³-hybridized carbons (Fsp3) is 0.524. The summed E-state index contributed by atoms with van der Waals surface area (Å²) in [5.41, 5.74) is 2.76. The van der Waals surface area contributed by atoms with Crippen LogP contribution in [0.4, 0.5) is 0 Å². The largest absolute Gasteiger partial charge is 0.385 e. The molecule has 1 N–H and O–H groups in total. The van der Waals surface area contributed by atoms with E-state index in [0.29, 0.717) is 11.3 Å². The van der Waals surface area contributed by atoms with Crippen LogP contribution in [0, 0.1) is 11.3 Å². The maximum absolute atomic E-state index is 4.28. The fourth-order valence-corrected chi connectivity index (χ4v) is 2.89. The molecule has 2 heteroatoms. The van der Waals surface area contributed by atoms with E-state index in [1.54, 1.807) is 6.08 Å². The molecule has 1 rings (SSSR count). The summed E-state index contributed by atoms with van der Waals surface area (Å²) in [6.07, 6.45) is 13.2. The predicted molar refractivity (Wildman–Crippen MR) is 103 cm³/mol. The van der Waals surface area contributed by atoms with E-state index in [9.17, 15) is 0 Å². The van der Waals surface area contributed by atoms with Crippen molar-refractivity contribution in [2.24, 2.45) is 11.3 Å². The Bertz CT molecular complexity index is 455. The Morgan fingerprint density at radius 3 is 2.35 bits per heavy atom. The zero-order valence-corrected chi connectivity index (χ0v) is 15.3. The fourth-order valence-electron chi connectivity index (χ4n) is 2.89. The van der Waals surface area contributed by atoms with E-state index >= 15 is 0 Å². The summed E-state index contributed by atoms with van der Waals surface area (Å²) in [5.74, 6) is 0.575. The first-order valence-corrected chi connectivity index (χ1v) is 8.63. The Morgan fingerprint density at radius 1 is 1.13 bits per heavy atom. The lowest BCUT2D eigenvalue weighted by Gasteiger charge is -2.37. The molecule has 128 valence electrons. The van der Waals surface area contributed by atoms with E-state index in [0.717, 1.165) is 38.9 Å². The molecule has 1 fully saturated rings. The predicted octanol–water partition coefficient (Wildman–Crippen LogP) is 5.05. The lowest BCUT2D eigenvalue weighted by molar-refractivity contribution is 0.219. The molecular weight excluding hydrogens is 280 g/mol.